The van der Waals surface area contributed by atoms with Crippen LogP contribution in [0.4, 0.5) is 0 Å². The van der Waals surface area contributed by atoms with Crippen molar-refractivity contribution in [1.29, 1.82) is 0 Å². The SMILES string of the molecule is Cn1c(CN)nnc1SCc1cc(Cl)cc2c1OCOC2. The summed E-state index contributed by atoms with van der Waals surface area (Å²) in [5, 5.41) is 9.67. The van der Waals surface area contributed by atoms with E-state index in [1.54, 1.807) is 11.8 Å². The summed E-state index contributed by atoms with van der Waals surface area (Å²) in [6.07, 6.45) is 0. The van der Waals surface area contributed by atoms with E-state index in [4.69, 9.17) is 26.8 Å². The van der Waals surface area contributed by atoms with Gasteiger partial charge >= 0.3 is 0 Å². The molecule has 3 rings (SSSR count). The molecule has 0 saturated heterocycles. The molecule has 0 fully saturated rings. The number of aromatic nitrogens is 3. The Labute approximate surface area is 131 Å². The maximum absolute atomic E-state index is 6.15. The van der Waals surface area contributed by atoms with Crippen LogP contribution >= 0.6 is 23.4 Å². The summed E-state index contributed by atoms with van der Waals surface area (Å²) >= 11 is 7.72. The standard InChI is InChI=1S/C13H15ClN4O2S/c1-18-11(4-15)16-17-13(18)21-6-9-3-10(14)2-8-5-19-7-20-12(8)9/h2-3H,4-7,15H2,1H3. The fraction of sp³-hybridized carbons (Fsp3) is 0.385. The Hall–Kier alpha value is -1.28. The van der Waals surface area contributed by atoms with Gasteiger partial charge in [-0.2, -0.15) is 0 Å². The quantitative estimate of drug-likeness (QED) is 0.867. The molecule has 0 amide bonds. The molecule has 1 aliphatic heterocycles. The maximum atomic E-state index is 6.15. The van der Waals surface area contributed by atoms with Gasteiger partial charge in [0.2, 0.25) is 0 Å². The first-order valence-electron chi connectivity index (χ1n) is 6.42. The molecule has 1 aromatic heterocycles. The minimum Gasteiger partial charge on any atom is -0.467 e. The number of halogens is 1. The summed E-state index contributed by atoms with van der Waals surface area (Å²) < 4.78 is 12.8. The average molecular weight is 327 g/mol. The monoisotopic (exact) mass is 326 g/mol. The molecule has 2 aromatic rings. The highest BCUT2D eigenvalue weighted by molar-refractivity contribution is 7.98. The lowest BCUT2D eigenvalue weighted by Gasteiger charge is -2.20. The molecular weight excluding hydrogens is 312 g/mol. The molecule has 0 aliphatic carbocycles. The van der Waals surface area contributed by atoms with Gasteiger partial charge in [0.1, 0.15) is 11.6 Å². The van der Waals surface area contributed by atoms with E-state index < -0.39 is 0 Å². The van der Waals surface area contributed by atoms with Crippen LogP contribution in [0.5, 0.6) is 5.75 Å². The van der Waals surface area contributed by atoms with Crippen LogP contribution in [0, 0.1) is 0 Å². The van der Waals surface area contributed by atoms with E-state index in [0.29, 0.717) is 23.9 Å². The molecule has 21 heavy (non-hydrogen) atoms. The third-order valence-electron chi connectivity index (χ3n) is 3.22. The van der Waals surface area contributed by atoms with Crippen molar-refractivity contribution in [2.45, 2.75) is 24.1 Å². The Kier molecular flexibility index (Phi) is 4.34. The van der Waals surface area contributed by atoms with Gasteiger partial charge in [-0.15, -0.1) is 10.2 Å². The van der Waals surface area contributed by atoms with Crippen molar-refractivity contribution in [2.75, 3.05) is 6.79 Å². The zero-order valence-corrected chi connectivity index (χ0v) is 13.1. The van der Waals surface area contributed by atoms with Crippen LogP contribution in [-0.4, -0.2) is 21.6 Å². The van der Waals surface area contributed by atoms with Crippen LogP contribution in [-0.2, 0) is 30.7 Å². The zero-order valence-electron chi connectivity index (χ0n) is 11.5. The van der Waals surface area contributed by atoms with Gasteiger partial charge < -0.3 is 19.8 Å². The normalized spacial score (nSPS) is 13.9. The summed E-state index contributed by atoms with van der Waals surface area (Å²) in [5.74, 6) is 2.31. The molecule has 6 nitrogen and oxygen atoms in total. The van der Waals surface area contributed by atoms with E-state index in [1.807, 2.05) is 23.7 Å². The number of nitrogens with zero attached hydrogens (tertiary/aromatic N) is 3. The van der Waals surface area contributed by atoms with Crippen molar-refractivity contribution in [2.24, 2.45) is 12.8 Å². The smallest absolute Gasteiger partial charge is 0.191 e. The third-order valence-corrected chi connectivity index (χ3v) is 4.50. The molecule has 1 aliphatic rings. The molecule has 2 N–H and O–H groups in total. The van der Waals surface area contributed by atoms with Gasteiger partial charge in [-0.1, -0.05) is 23.4 Å². The fourth-order valence-electron chi connectivity index (χ4n) is 2.15. The number of ether oxygens (including phenoxy) is 2. The lowest BCUT2D eigenvalue weighted by molar-refractivity contribution is -0.0168. The molecule has 0 unspecified atom stereocenters. The topological polar surface area (TPSA) is 75.2 Å². The zero-order chi connectivity index (χ0) is 14.8. The lowest BCUT2D eigenvalue weighted by Crippen LogP contribution is -2.13. The minimum absolute atomic E-state index is 0.271. The Bertz CT molecular complexity index is 662. The highest BCUT2D eigenvalue weighted by atomic mass is 35.5. The van der Waals surface area contributed by atoms with Gasteiger partial charge in [0.15, 0.2) is 11.9 Å². The predicted octanol–water partition coefficient (Wildman–Crippen LogP) is 2.09. The first-order chi connectivity index (χ1) is 10.2. The molecule has 0 bridgehead atoms. The first kappa shape index (κ1) is 14.6. The van der Waals surface area contributed by atoms with Crippen LogP contribution in [0.25, 0.3) is 0 Å². The van der Waals surface area contributed by atoms with Gasteiger partial charge in [0.25, 0.3) is 0 Å². The number of nitrogens with two attached hydrogens (primary N) is 1. The van der Waals surface area contributed by atoms with Crippen molar-refractivity contribution < 1.29 is 9.47 Å². The van der Waals surface area contributed by atoms with Crippen molar-refractivity contribution >= 4 is 23.4 Å². The first-order valence-corrected chi connectivity index (χ1v) is 7.78. The molecule has 0 spiro atoms. The van der Waals surface area contributed by atoms with Crippen molar-refractivity contribution in [3.63, 3.8) is 0 Å². The fourth-order valence-corrected chi connectivity index (χ4v) is 3.31. The van der Waals surface area contributed by atoms with Crippen LogP contribution < -0.4 is 10.5 Å². The lowest BCUT2D eigenvalue weighted by atomic mass is 10.1. The number of benzene rings is 1. The Morgan fingerprint density at radius 1 is 1.43 bits per heavy atom. The molecule has 8 heteroatoms. The van der Waals surface area contributed by atoms with E-state index in [9.17, 15) is 0 Å². The van der Waals surface area contributed by atoms with E-state index in [2.05, 4.69) is 10.2 Å². The molecule has 0 saturated carbocycles. The number of rotatable bonds is 4. The summed E-state index contributed by atoms with van der Waals surface area (Å²) in [7, 11) is 1.91. The predicted molar refractivity (Wildman–Crippen MR) is 80.2 cm³/mol. The Morgan fingerprint density at radius 2 is 2.29 bits per heavy atom. The minimum atomic E-state index is 0.271. The highest BCUT2D eigenvalue weighted by Crippen LogP contribution is 2.35. The number of thioether (sulfide) groups is 1. The number of hydrogen-bond donors (Lipinski definition) is 1. The van der Waals surface area contributed by atoms with Crippen molar-refractivity contribution in [3.05, 3.63) is 34.1 Å². The van der Waals surface area contributed by atoms with Crippen LogP contribution in [0.2, 0.25) is 5.02 Å². The molecular formula is C13H15ClN4O2S. The summed E-state index contributed by atoms with van der Waals surface area (Å²) in [5.41, 5.74) is 7.61. The van der Waals surface area contributed by atoms with E-state index in [1.165, 1.54) is 0 Å². The number of hydrogen-bond acceptors (Lipinski definition) is 6. The van der Waals surface area contributed by atoms with Crippen molar-refractivity contribution in [3.8, 4) is 5.75 Å². The highest BCUT2D eigenvalue weighted by Gasteiger charge is 2.17. The number of fused-ring (bicyclic) bond motifs is 1. The van der Waals surface area contributed by atoms with Crippen LogP contribution in [0.15, 0.2) is 17.3 Å². The molecule has 0 radical (unpaired) electrons. The van der Waals surface area contributed by atoms with Gasteiger partial charge in [0.05, 0.1) is 13.2 Å². The summed E-state index contributed by atoms with van der Waals surface area (Å²) in [4.78, 5) is 0. The second kappa shape index (κ2) is 6.23. The molecule has 112 valence electrons. The Balaban J connectivity index is 1.81. The van der Waals surface area contributed by atoms with Crippen LogP contribution in [0.1, 0.15) is 17.0 Å². The van der Waals surface area contributed by atoms with E-state index in [-0.39, 0.29) is 6.79 Å². The maximum Gasteiger partial charge on any atom is 0.191 e. The van der Waals surface area contributed by atoms with Crippen molar-refractivity contribution in [1.82, 2.24) is 14.8 Å². The van der Waals surface area contributed by atoms with Crippen LogP contribution in [0.3, 0.4) is 0 Å². The average Bonchev–Trinajstić information content (AvgIpc) is 2.85. The van der Waals surface area contributed by atoms with E-state index in [0.717, 1.165) is 27.9 Å². The summed E-state index contributed by atoms with van der Waals surface area (Å²) in [6.45, 7) is 1.17. The Morgan fingerprint density at radius 3 is 3.05 bits per heavy atom. The molecule has 1 aromatic carbocycles. The summed E-state index contributed by atoms with van der Waals surface area (Å²) in [6, 6.07) is 3.79. The third kappa shape index (κ3) is 3.01. The van der Waals surface area contributed by atoms with Gasteiger partial charge in [-0.05, 0) is 12.1 Å². The molecule has 0 atom stereocenters. The van der Waals surface area contributed by atoms with Gasteiger partial charge in [-0.25, -0.2) is 0 Å². The second-order valence-corrected chi connectivity index (χ2v) is 5.99. The molecule has 2 heterocycles. The largest absolute Gasteiger partial charge is 0.467 e. The second-order valence-electron chi connectivity index (χ2n) is 4.61. The van der Waals surface area contributed by atoms with Gasteiger partial charge in [0, 0.05) is 29.0 Å². The van der Waals surface area contributed by atoms with E-state index >= 15 is 0 Å². The van der Waals surface area contributed by atoms with Gasteiger partial charge in [-0.3, -0.25) is 0 Å².